The molecule has 2 N–H and O–H groups in total. The molecule has 1 rings (SSSR count). The van der Waals surface area contributed by atoms with E-state index >= 15 is 0 Å². The SMILES string of the molecule is NCCCCCCn1cccc1C(=O)C=O. The summed E-state index contributed by atoms with van der Waals surface area (Å²) in [5, 5.41) is 0. The van der Waals surface area contributed by atoms with Gasteiger partial charge in [0.05, 0.1) is 5.69 Å². The number of aldehydes is 1. The second-order valence-electron chi connectivity index (χ2n) is 3.77. The summed E-state index contributed by atoms with van der Waals surface area (Å²) in [4.78, 5) is 21.6. The van der Waals surface area contributed by atoms with E-state index in [1.807, 2.05) is 10.8 Å². The predicted octanol–water partition coefficient (Wildman–Crippen LogP) is 1.39. The van der Waals surface area contributed by atoms with Crippen molar-refractivity contribution >= 4 is 12.1 Å². The number of ketones is 1. The summed E-state index contributed by atoms with van der Waals surface area (Å²) < 4.78 is 1.83. The Labute approximate surface area is 95.4 Å². The normalized spacial score (nSPS) is 10.3. The smallest absolute Gasteiger partial charge is 0.241 e. The number of aryl methyl sites for hydroxylation is 1. The van der Waals surface area contributed by atoms with Crippen molar-refractivity contribution in [2.45, 2.75) is 32.2 Å². The number of carbonyl (C=O) groups is 2. The number of hydrogen-bond donors (Lipinski definition) is 1. The number of nitrogens with two attached hydrogens (primary N) is 1. The first-order chi connectivity index (χ1) is 7.79. The highest BCUT2D eigenvalue weighted by molar-refractivity contribution is 6.32. The van der Waals surface area contributed by atoms with Gasteiger partial charge in [-0.1, -0.05) is 12.8 Å². The molecule has 1 aromatic heterocycles. The molecular weight excluding hydrogens is 204 g/mol. The lowest BCUT2D eigenvalue weighted by atomic mass is 10.2. The maximum atomic E-state index is 11.2. The molecule has 0 amide bonds. The summed E-state index contributed by atoms with van der Waals surface area (Å²) >= 11 is 0. The zero-order valence-electron chi connectivity index (χ0n) is 9.39. The maximum absolute atomic E-state index is 11.2. The Hall–Kier alpha value is -1.42. The van der Waals surface area contributed by atoms with E-state index in [2.05, 4.69) is 0 Å². The lowest BCUT2D eigenvalue weighted by Crippen LogP contribution is -2.09. The molecule has 4 heteroatoms. The highest BCUT2D eigenvalue weighted by Gasteiger charge is 2.08. The van der Waals surface area contributed by atoms with Crippen LogP contribution >= 0.6 is 0 Å². The van der Waals surface area contributed by atoms with E-state index < -0.39 is 5.78 Å². The first-order valence-corrected chi connectivity index (χ1v) is 5.64. The molecule has 0 aliphatic heterocycles. The Morgan fingerprint density at radius 2 is 2.06 bits per heavy atom. The van der Waals surface area contributed by atoms with Crippen molar-refractivity contribution in [2.75, 3.05) is 6.54 Å². The Kier molecular flexibility index (Phi) is 5.50. The Balaban J connectivity index is 2.39. The van der Waals surface area contributed by atoms with Gasteiger partial charge in [0.2, 0.25) is 5.78 Å². The molecule has 16 heavy (non-hydrogen) atoms. The lowest BCUT2D eigenvalue weighted by Gasteiger charge is -2.06. The van der Waals surface area contributed by atoms with Gasteiger partial charge in [-0.2, -0.15) is 0 Å². The molecule has 0 fully saturated rings. The van der Waals surface area contributed by atoms with Gasteiger partial charge in [-0.05, 0) is 31.5 Å². The molecule has 0 aliphatic carbocycles. The summed E-state index contributed by atoms with van der Waals surface area (Å²) in [5.41, 5.74) is 5.88. The minimum absolute atomic E-state index is 0.361. The van der Waals surface area contributed by atoms with Crippen LogP contribution in [0.4, 0.5) is 0 Å². The second-order valence-corrected chi connectivity index (χ2v) is 3.77. The number of carbonyl (C=O) groups excluding carboxylic acids is 2. The van der Waals surface area contributed by atoms with Crippen molar-refractivity contribution in [3.63, 3.8) is 0 Å². The number of rotatable bonds is 8. The Morgan fingerprint density at radius 3 is 2.75 bits per heavy atom. The Morgan fingerprint density at radius 1 is 1.31 bits per heavy atom. The molecule has 1 heterocycles. The van der Waals surface area contributed by atoms with Gasteiger partial charge in [0.15, 0.2) is 6.29 Å². The largest absolute Gasteiger partial charge is 0.345 e. The van der Waals surface area contributed by atoms with Crippen LogP contribution in [0.15, 0.2) is 18.3 Å². The van der Waals surface area contributed by atoms with Crippen LogP contribution in [-0.2, 0) is 11.3 Å². The topological polar surface area (TPSA) is 65.1 Å². The molecule has 0 aromatic carbocycles. The fourth-order valence-corrected chi connectivity index (χ4v) is 1.67. The molecule has 0 unspecified atom stereocenters. The fourth-order valence-electron chi connectivity index (χ4n) is 1.67. The van der Waals surface area contributed by atoms with E-state index in [1.165, 1.54) is 0 Å². The molecule has 0 spiro atoms. The van der Waals surface area contributed by atoms with Gasteiger partial charge in [-0.15, -0.1) is 0 Å². The first-order valence-electron chi connectivity index (χ1n) is 5.64. The average Bonchev–Trinajstić information content (AvgIpc) is 2.76. The van der Waals surface area contributed by atoms with Gasteiger partial charge in [0, 0.05) is 12.7 Å². The third kappa shape index (κ3) is 3.62. The average molecular weight is 222 g/mol. The summed E-state index contributed by atoms with van der Waals surface area (Å²) in [6.07, 6.45) is 6.47. The van der Waals surface area contributed by atoms with Gasteiger partial charge in [0.25, 0.3) is 0 Å². The van der Waals surface area contributed by atoms with Gasteiger partial charge < -0.3 is 10.3 Å². The van der Waals surface area contributed by atoms with Gasteiger partial charge in [0.1, 0.15) is 0 Å². The Bertz CT molecular complexity index is 345. The van der Waals surface area contributed by atoms with Crippen LogP contribution in [0.2, 0.25) is 0 Å². The van der Waals surface area contributed by atoms with E-state index in [0.29, 0.717) is 12.0 Å². The van der Waals surface area contributed by atoms with Crippen molar-refractivity contribution in [3.8, 4) is 0 Å². The first kappa shape index (κ1) is 12.6. The molecule has 1 aromatic rings. The third-order valence-corrected chi connectivity index (χ3v) is 2.54. The minimum Gasteiger partial charge on any atom is -0.345 e. The summed E-state index contributed by atoms with van der Waals surface area (Å²) in [5.74, 6) is -0.452. The summed E-state index contributed by atoms with van der Waals surface area (Å²) in [6.45, 7) is 1.52. The van der Waals surface area contributed by atoms with Crippen LogP contribution in [0.3, 0.4) is 0 Å². The van der Waals surface area contributed by atoms with Gasteiger partial charge >= 0.3 is 0 Å². The maximum Gasteiger partial charge on any atom is 0.241 e. The third-order valence-electron chi connectivity index (χ3n) is 2.54. The molecule has 0 saturated heterocycles. The minimum atomic E-state index is -0.452. The molecule has 0 aliphatic rings. The van der Waals surface area contributed by atoms with E-state index in [4.69, 9.17) is 5.73 Å². The standard InChI is InChI=1S/C12H18N2O2/c13-7-3-1-2-4-8-14-9-5-6-11(14)12(16)10-15/h5-6,9-10H,1-4,7-8,13H2. The van der Waals surface area contributed by atoms with Crippen molar-refractivity contribution in [1.82, 2.24) is 4.57 Å². The number of hydrogen-bond acceptors (Lipinski definition) is 3. The van der Waals surface area contributed by atoms with E-state index in [1.54, 1.807) is 12.1 Å². The van der Waals surface area contributed by atoms with Crippen LogP contribution in [0.1, 0.15) is 36.2 Å². The highest BCUT2D eigenvalue weighted by Crippen LogP contribution is 2.07. The van der Waals surface area contributed by atoms with E-state index in [0.717, 1.165) is 38.8 Å². The quantitative estimate of drug-likeness (QED) is 0.313. The van der Waals surface area contributed by atoms with Crippen LogP contribution in [-0.4, -0.2) is 23.2 Å². The number of Topliss-reactive ketones (excluding diaryl/α,β-unsaturated/α-hetero) is 1. The molecule has 0 atom stereocenters. The number of aromatic nitrogens is 1. The molecule has 0 radical (unpaired) electrons. The predicted molar refractivity (Wildman–Crippen MR) is 62.3 cm³/mol. The van der Waals surface area contributed by atoms with Crippen molar-refractivity contribution in [3.05, 3.63) is 24.0 Å². The van der Waals surface area contributed by atoms with Crippen LogP contribution in [0, 0.1) is 0 Å². The molecule has 88 valence electrons. The van der Waals surface area contributed by atoms with Crippen molar-refractivity contribution < 1.29 is 9.59 Å². The highest BCUT2D eigenvalue weighted by atomic mass is 16.2. The van der Waals surface area contributed by atoms with Crippen molar-refractivity contribution in [1.29, 1.82) is 0 Å². The van der Waals surface area contributed by atoms with Gasteiger partial charge in [-0.25, -0.2) is 0 Å². The second kappa shape index (κ2) is 6.95. The molecule has 4 nitrogen and oxygen atoms in total. The zero-order chi connectivity index (χ0) is 11.8. The van der Waals surface area contributed by atoms with Gasteiger partial charge in [-0.3, -0.25) is 9.59 Å². The molecule has 0 saturated carbocycles. The number of nitrogens with zero attached hydrogens (tertiary/aromatic N) is 1. The summed E-state index contributed by atoms with van der Waals surface area (Å²) in [6, 6.07) is 3.47. The van der Waals surface area contributed by atoms with E-state index in [-0.39, 0.29) is 0 Å². The fraction of sp³-hybridized carbons (Fsp3) is 0.500. The van der Waals surface area contributed by atoms with Crippen LogP contribution in [0.5, 0.6) is 0 Å². The van der Waals surface area contributed by atoms with E-state index in [9.17, 15) is 9.59 Å². The van der Waals surface area contributed by atoms with Crippen LogP contribution < -0.4 is 5.73 Å². The van der Waals surface area contributed by atoms with Crippen LogP contribution in [0.25, 0.3) is 0 Å². The summed E-state index contributed by atoms with van der Waals surface area (Å²) in [7, 11) is 0. The van der Waals surface area contributed by atoms with Crippen molar-refractivity contribution in [2.24, 2.45) is 5.73 Å². The lowest BCUT2D eigenvalue weighted by molar-refractivity contribution is -0.104. The monoisotopic (exact) mass is 222 g/mol. The molecule has 0 bridgehead atoms. The zero-order valence-corrected chi connectivity index (χ0v) is 9.39. The number of unbranched alkanes of at least 4 members (excludes halogenated alkanes) is 3. The molecular formula is C12H18N2O2.